The van der Waals surface area contributed by atoms with Gasteiger partial charge in [0.1, 0.15) is 5.69 Å². The Morgan fingerprint density at radius 1 is 1.22 bits per heavy atom. The van der Waals surface area contributed by atoms with E-state index in [4.69, 9.17) is 4.74 Å². The lowest BCUT2D eigenvalue weighted by Crippen LogP contribution is -2.35. The number of amides is 2. The fourth-order valence-electron chi connectivity index (χ4n) is 3.26. The van der Waals surface area contributed by atoms with Crippen molar-refractivity contribution in [1.29, 1.82) is 0 Å². The van der Waals surface area contributed by atoms with Gasteiger partial charge in [0.05, 0.1) is 23.9 Å². The highest BCUT2D eigenvalue weighted by Crippen LogP contribution is 2.34. The molecule has 190 valence electrons. The zero-order valence-electron chi connectivity index (χ0n) is 20.1. The second kappa shape index (κ2) is 13.2. The normalized spacial score (nSPS) is 14.7. The maximum absolute atomic E-state index is 12.2. The Morgan fingerprint density at radius 3 is 2.78 bits per heavy atom. The first-order valence-corrected chi connectivity index (χ1v) is 13.6. The summed E-state index contributed by atoms with van der Waals surface area (Å²) in [6, 6.07) is 3.96. The van der Waals surface area contributed by atoms with Gasteiger partial charge in [-0.05, 0) is 50.3 Å². The van der Waals surface area contributed by atoms with E-state index in [2.05, 4.69) is 30.0 Å². The molecule has 4 heterocycles. The largest absolute Gasteiger partial charge is 0.477 e. The van der Waals surface area contributed by atoms with Crippen LogP contribution >= 0.6 is 23.3 Å². The van der Waals surface area contributed by atoms with Gasteiger partial charge in [0.2, 0.25) is 11.8 Å². The van der Waals surface area contributed by atoms with Gasteiger partial charge in [0.25, 0.3) is 5.91 Å². The van der Waals surface area contributed by atoms with Gasteiger partial charge in [-0.1, -0.05) is 0 Å². The molecule has 1 saturated heterocycles. The van der Waals surface area contributed by atoms with Crippen LogP contribution in [-0.4, -0.2) is 68.1 Å². The number of carbonyl (C=O) groups is 2. The molecule has 0 aromatic carbocycles. The van der Waals surface area contributed by atoms with E-state index in [0.717, 1.165) is 28.8 Å². The van der Waals surface area contributed by atoms with Crippen LogP contribution in [-0.2, 0) is 4.79 Å². The predicted molar refractivity (Wildman–Crippen MR) is 141 cm³/mol. The van der Waals surface area contributed by atoms with Crippen molar-refractivity contribution in [3.8, 4) is 16.5 Å². The maximum Gasteiger partial charge on any atom is 0.280 e. The molecule has 2 fully saturated rings. The van der Waals surface area contributed by atoms with Crippen LogP contribution in [0.4, 0.5) is 5.69 Å². The summed E-state index contributed by atoms with van der Waals surface area (Å²) in [6.07, 6.45) is 12.6. The number of ether oxygens (including phenoxy) is 1. The average Bonchev–Trinajstić information content (AvgIpc) is 3.44. The number of aromatic nitrogens is 4. The Labute approximate surface area is 218 Å². The molecule has 3 aromatic heterocycles. The lowest BCUT2D eigenvalue weighted by molar-refractivity contribution is -0.127. The molecule has 2 N–H and O–H groups in total. The zero-order chi connectivity index (χ0) is 25.2. The molecule has 10 nitrogen and oxygen atoms in total. The van der Waals surface area contributed by atoms with Crippen molar-refractivity contribution in [2.24, 2.45) is 0 Å². The number of rotatable bonds is 10. The summed E-state index contributed by atoms with van der Waals surface area (Å²) in [4.78, 5) is 42.7. The topological polar surface area (TPSA) is 122 Å². The molecule has 0 unspecified atom stereocenters. The van der Waals surface area contributed by atoms with Gasteiger partial charge in [-0.2, -0.15) is 0 Å². The molecular formula is C24H29N7O3S2. The van der Waals surface area contributed by atoms with E-state index >= 15 is 0 Å². The Bertz CT molecular complexity index is 1140. The van der Waals surface area contributed by atoms with Gasteiger partial charge in [-0.3, -0.25) is 19.6 Å². The van der Waals surface area contributed by atoms with Gasteiger partial charge < -0.3 is 19.7 Å². The molecule has 1 saturated carbocycles. The third-order valence-corrected chi connectivity index (χ3v) is 7.42. The molecule has 1 aliphatic carbocycles. The zero-order valence-corrected chi connectivity index (χ0v) is 21.7. The number of likely N-dealkylation sites (tertiary alicyclic amines) is 1. The van der Waals surface area contributed by atoms with Crippen LogP contribution in [0, 0.1) is 0 Å². The van der Waals surface area contributed by atoms with E-state index in [-0.39, 0.29) is 11.8 Å². The number of nitrogens with zero attached hydrogens (tertiary/aromatic N) is 5. The monoisotopic (exact) mass is 527 g/mol. The number of anilines is 1. The van der Waals surface area contributed by atoms with Crippen LogP contribution in [0.1, 0.15) is 42.4 Å². The fraction of sp³-hybridized carbons (Fsp3) is 0.417. The summed E-state index contributed by atoms with van der Waals surface area (Å²) in [5.41, 5.74) is 1.77. The van der Waals surface area contributed by atoms with E-state index in [0.29, 0.717) is 42.7 Å². The number of pyridine rings is 1. The average molecular weight is 528 g/mol. The first-order chi connectivity index (χ1) is 17.6. The second-order valence-electron chi connectivity index (χ2n) is 8.10. The van der Waals surface area contributed by atoms with Gasteiger partial charge in [0.15, 0.2) is 5.01 Å². The van der Waals surface area contributed by atoms with E-state index < -0.39 is 0 Å². The Morgan fingerprint density at radius 2 is 2.06 bits per heavy atom. The highest BCUT2D eigenvalue weighted by molar-refractivity contribution is 8.01. The van der Waals surface area contributed by atoms with Crippen LogP contribution in [0.15, 0.2) is 43.1 Å². The minimum absolute atomic E-state index is 0.151. The molecule has 5 rings (SSSR count). The molecule has 1 aliphatic heterocycles. The lowest BCUT2D eigenvalue weighted by atomic mass is 10.4. The quantitative estimate of drug-likeness (QED) is 0.380. The highest BCUT2D eigenvalue weighted by Gasteiger charge is 2.22. The minimum atomic E-state index is -0.253. The van der Waals surface area contributed by atoms with Gasteiger partial charge >= 0.3 is 0 Å². The third kappa shape index (κ3) is 7.89. The number of hydrogen-bond donors (Lipinski definition) is 2. The first-order valence-electron chi connectivity index (χ1n) is 11.9. The summed E-state index contributed by atoms with van der Waals surface area (Å²) in [7, 11) is 0. The van der Waals surface area contributed by atoms with Crippen LogP contribution in [0.2, 0.25) is 0 Å². The van der Waals surface area contributed by atoms with Crippen molar-refractivity contribution in [2.45, 2.75) is 37.9 Å². The lowest BCUT2D eigenvalue weighted by Gasteiger charge is -2.15. The standard InChI is InChI=1S/C16H19N5O3S.C8H10N2S/c1-2-24-13-10-17-8-11(20-13)12-9-19-16(25-12)15(23)18-5-7-21-6-3-4-14(21)22;1-2-8(1)11-10-7-3-5-9-6-4-7/h8-10H,2-7H2,1H3,(H,18,23);3-6,8H,1-2H2,(H,9,10). The number of thiazole rings is 1. The number of hydrogen-bond acceptors (Lipinski definition) is 10. The fourth-order valence-corrected chi connectivity index (χ4v) is 4.86. The molecule has 3 aromatic rings. The Hall–Kier alpha value is -3.25. The molecule has 2 aliphatic rings. The number of nitrogens with one attached hydrogen (secondary N) is 2. The van der Waals surface area contributed by atoms with E-state index in [9.17, 15) is 9.59 Å². The van der Waals surface area contributed by atoms with Crippen molar-refractivity contribution in [1.82, 2.24) is 30.2 Å². The van der Waals surface area contributed by atoms with Crippen LogP contribution in [0.5, 0.6) is 5.88 Å². The van der Waals surface area contributed by atoms with Gasteiger partial charge in [-0.15, -0.1) is 11.3 Å². The summed E-state index contributed by atoms with van der Waals surface area (Å²) < 4.78 is 8.62. The molecule has 36 heavy (non-hydrogen) atoms. The summed E-state index contributed by atoms with van der Waals surface area (Å²) in [5, 5.41) is 4.00. The minimum Gasteiger partial charge on any atom is -0.477 e. The molecule has 2 amide bonds. The third-order valence-electron chi connectivity index (χ3n) is 5.24. The predicted octanol–water partition coefficient (Wildman–Crippen LogP) is 3.66. The smallest absolute Gasteiger partial charge is 0.280 e. The van der Waals surface area contributed by atoms with Crippen molar-refractivity contribution >= 4 is 40.8 Å². The van der Waals surface area contributed by atoms with Crippen LogP contribution in [0.25, 0.3) is 10.6 Å². The molecule has 12 heteroatoms. The first kappa shape index (κ1) is 25.8. The SMILES string of the molecule is CCOc1cncc(-c2cnc(C(=O)NCCN3CCCC3=O)s2)n1.c1cc(NSC2CC2)ccn1. The molecular weight excluding hydrogens is 498 g/mol. The Balaban J connectivity index is 0.000000229. The number of carbonyl (C=O) groups excluding carboxylic acids is 2. The molecule has 0 atom stereocenters. The van der Waals surface area contributed by atoms with Crippen LogP contribution in [0.3, 0.4) is 0 Å². The van der Waals surface area contributed by atoms with Crippen LogP contribution < -0.4 is 14.8 Å². The van der Waals surface area contributed by atoms with E-state index in [1.54, 1.807) is 35.9 Å². The summed E-state index contributed by atoms with van der Waals surface area (Å²) in [6.45, 7) is 4.10. The van der Waals surface area contributed by atoms with Crippen molar-refractivity contribution in [3.05, 3.63) is 48.1 Å². The van der Waals surface area contributed by atoms with Crippen molar-refractivity contribution in [2.75, 3.05) is 31.0 Å². The molecule has 0 radical (unpaired) electrons. The van der Waals surface area contributed by atoms with Crippen molar-refractivity contribution in [3.63, 3.8) is 0 Å². The molecule has 0 spiro atoms. The van der Waals surface area contributed by atoms with Gasteiger partial charge in [-0.25, -0.2) is 9.97 Å². The summed E-state index contributed by atoms with van der Waals surface area (Å²) in [5.74, 6) is 0.338. The van der Waals surface area contributed by atoms with E-state index in [1.807, 2.05) is 31.0 Å². The summed E-state index contributed by atoms with van der Waals surface area (Å²) >= 11 is 3.06. The second-order valence-corrected chi connectivity index (χ2v) is 10.2. The highest BCUT2D eigenvalue weighted by atomic mass is 32.2. The van der Waals surface area contributed by atoms with Crippen molar-refractivity contribution < 1.29 is 14.3 Å². The van der Waals surface area contributed by atoms with Gasteiger partial charge in [0, 0.05) is 55.6 Å². The molecule has 0 bridgehead atoms. The maximum atomic E-state index is 12.2. The Kier molecular flexibility index (Phi) is 9.45. The van der Waals surface area contributed by atoms with E-state index in [1.165, 1.54) is 24.2 Å².